The van der Waals surface area contributed by atoms with Gasteiger partial charge in [-0.1, -0.05) is 0 Å². The lowest BCUT2D eigenvalue weighted by Crippen LogP contribution is -2.36. The molecule has 8 heteroatoms. The zero-order chi connectivity index (χ0) is 19.2. The second kappa shape index (κ2) is 5.30. The minimum Gasteiger partial charge on any atom is -0.378 e. The molecule has 2 aromatic rings. The van der Waals surface area contributed by atoms with Crippen LogP contribution in [-0.4, -0.2) is 16.1 Å². The molecule has 146 valence electrons. The highest BCUT2D eigenvalue weighted by atomic mass is 19.4. The maximum Gasteiger partial charge on any atom is 0.435 e. The van der Waals surface area contributed by atoms with Crippen molar-refractivity contribution in [3.05, 3.63) is 46.3 Å². The molecular formula is C20H19F3N4O. The van der Waals surface area contributed by atoms with Crippen LogP contribution >= 0.6 is 0 Å². The van der Waals surface area contributed by atoms with E-state index in [-0.39, 0.29) is 23.3 Å². The molecule has 0 saturated heterocycles. The molecule has 3 N–H and O–H groups in total. The fourth-order valence-electron chi connectivity index (χ4n) is 6.28. The number of aromatic amines is 1. The molecule has 6 rings (SSSR count). The zero-order valence-electron chi connectivity index (χ0n) is 14.9. The molecular weight excluding hydrogens is 369 g/mol. The Hall–Kier alpha value is -2.51. The molecule has 1 aromatic heterocycles. The van der Waals surface area contributed by atoms with Gasteiger partial charge in [0.05, 0.1) is 6.04 Å². The number of nitrogens with one attached hydrogen (secondary N) is 3. The standard InChI is InChI=1S/C20H19F3N4O/c21-20(22,23)18-13(7-25-27-18)17-16-9-2-1-8(3-9)15(16)12-5-11-10(4-14(12)26-17)6-24-19(11)28/h4-5,7-9,15-17,26H,1-3,6H2,(H,24,28)(H,25,27)/t8?,9?,15-,16-,17+/m0/s1. The second-order valence-electron chi connectivity index (χ2n) is 8.52. The van der Waals surface area contributed by atoms with E-state index in [1.807, 2.05) is 12.1 Å². The van der Waals surface area contributed by atoms with E-state index in [0.29, 0.717) is 23.9 Å². The Kier molecular flexibility index (Phi) is 3.11. The average Bonchev–Trinajstić information content (AvgIpc) is 3.43. The van der Waals surface area contributed by atoms with Crippen molar-refractivity contribution >= 4 is 11.6 Å². The van der Waals surface area contributed by atoms with Gasteiger partial charge in [-0.05, 0) is 66.2 Å². The lowest BCUT2D eigenvalue weighted by atomic mass is 9.67. The molecule has 0 radical (unpaired) electrons. The third-order valence-corrected chi connectivity index (χ3v) is 7.27. The van der Waals surface area contributed by atoms with Gasteiger partial charge in [0.15, 0.2) is 5.69 Å². The number of anilines is 1. The van der Waals surface area contributed by atoms with Crippen LogP contribution in [0.25, 0.3) is 0 Å². The Balaban J connectivity index is 1.51. The molecule has 2 fully saturated rings. The Labute approximate surface area is 159 Å². The van der Waals surface area contributed by atoms with Gasteiger partial charge in [-0.3, -0.25) is 9.89 Å². The number of alkyl halides is 3. The highest BCUT2D eigenvalue weighted by Gasteiger charge is 2.55. The molecule has 1 amide bonds. The minimum atomic E-state index is -4.49. The van der Waals surface area contributed by atoms with Crippen LogP contribution in [0.5, 0.6) is 0 Å². The summed E-state index contributed by atoms with van der Waals surface area (Å²) in [7, 11) is 0. The Morgan fingerprint density at radius 2 is 1.93 bits per heavy atom. The van der Waals surface area contributed by atoms with Crippen LogP contribution in [0.4, 0.5) is 18.9 Å². The van der Waals surface area contributed by atoms with Crippen molar-refractivity contribution in [1.29, 1.82) is 0 Å². The fourth-order valence-corrected chi connectivity index (χ4v) is 6.28. The minimum absolute atomic E-state index is 0.0613. The fraction of sp³-hybridized carbons (Fsp3) is 0.500. The van der Waals surface area contributed by atoms with E-state index in [4.69, 9.17) is 0 Å². The Morgan fingerprint density at radius 3 is 2.75 bits per heavy atom. The lowest BCUT2D eigenvalue weighted by molar-refractivity contribution is -0.142. The van der Waals surface area contributed by atoms with E-state index in [2.05, 4.69) is 20.8 Å². The van der Waals surface area contributed by atoms with E-state index in [0.717, 1.165) is 36.1 Å². The molecule has 0 spiro atoms. The highest BCUT2D eigenvalue weighted by Crippen LogP contribution is 2.64. The number of hydrogen-bond acceptors (Lipinski definition) is 3. The average molecular weight is 388 g/mol. The van der Waals surface area contributed by atoms with Gasteiger partial charge in [-0.25, -0.2) is 0 Å². The summed E-state index contributed by atoms with van der Waals surface area (Å²) in [6.07, 6.45) is 0.129. The quantitative estimate of drug-likeness (QED) is 0.692. The van der Waals surface area contributed by atoms with Crippen LogP contribution in [0.1, 0.15) is 64.0 Å². The molecule has 2 aliphatic carbocycles. The van der Waals surface area contributed by atoms with Crippen molar-refractivity contribution < 1.29 is 18.0 Å². The Morgan fingerprint density at radius 1 is 1.11 bits per heavy atom. The summed E-state index contributed by atoms with van der Waals surface area (Å²) in [5.74, 6) is 1.09. The van der Waals surface area contributed by atoms with Crippen molar-refractivity contribution in [3.8, 4) is 0 Å². The van der Waals surface area contributed by atoms with Gasteiger partial charge in [0.2, 0.25) is 0 Å². The maximum atomic E-state index is 13.5. The predicted octanol–water partition coefficient (Wildman–Crippen LogP) is 3.97. The third-order valence-electron chi connectivity index (χ3n) is 7.27. The van der Waals surface area contributed by atoms with Crippen LogP contribution in [-0.2, 0) is 12.7 Å². The molecule has 2 saturated carbocycles. The highest BCUT2D eigenvalue weighted by molar-refractivity contribution is 5.99. The predicted molar refractivity (Wildman–Crippen MR) is 94.6 cm³/mol. The van der Waals surface area contributed by atoms with Crippen molar-refractivity contribution in [2.24, 2.45) is 17.8 Å². The summed E-state index contributed by atoms with van der Waals surface area (Å²) in [6.45, 7) is 0.466. The maximum absolute atomic E-state index is 13.5. The molecule has 1 aromatic carbocycles. The summed E-state index contributed by atoms with van der Waals surface area (Å²) in [4.78, 5) is 12.1. The van der Waals surface area contributed by atoms with Gasteiger partial charge in [0.1, 0.15) is 0 Å². The van der Waals surface area contributed by atoms with E-state index < -0.39 is 17.9 Å². The number of hydrogen-bond donors (Lipinski definition) is 3. The SMILES string of the molecule is O=C1NCc2cc3c(cc21)[C@@H]1C2CCC(C2)[C@@H]1[C@@H](c1c[nH]nc1C(F)(F)F)N3. The van der Waals surface area contributed by atoms with Crippen molar-refractivity contribution in [2.75, 3.05) is 5.32 Å². The van der Waals surface area contributed by atoms with Crippen molar-refractivity contribution in [2.45, 2.75) is 43.9 Å². The first-order chi connectivity index (χ1) is 13.4. The number of carbonyl (C=O) groups excluding carboxylic acids is 1. The largest absolute Gasteiger partial charge is 0.435 e. The number of fused-ring (bicyclic) bond motifs is 8. The Bertz CT molecular complexity index is 998. The van der Waals surface area contributed by atoms with Crippen molar-refractivity contribution in [1.82, 2.24) is 15.5 Å². The van der Waals surface area contributed by atoms with Gasteiger partial charge in [0, 0.05) is 29.6 Å². The first-order valence-electron chi connectivity index (χ1n) is 9.74. The summed E-state index contributed by atoms with van der Waals surface area (Å²) in [5, 5.41) is 12.2. The second-order valence-corrected chi connectivity index (χ2v) is 8.52. The van der Waals surface area contributed by atoms with Crippen LogP contribution in [0.3, 0.4) is 0 Å². The lowest BCUT2D eigenvalue weighted by Gasteiger charge is -2.43. The smallest absolute Gasteiger partial charge is 0.378 e. The van der Waals surface area contributed by atoms with Gasteiger partial charge >= 0.3 is 6.18 Å². The third kappa shape index (κ3) is 2.08. The van der Waals surface area contributed by atoms with Crippen molar-refractivity contribution in [3.63, 3.8) is 0 Å². The molecule has 28 heavy (non-hydrogen) atoms. The molecule has 5 nitrogen and oxygen atoms in total. The molecule has 2 unspecified atom stereocenters. The molecule has 4 aliphatic rings. The first-order valence-corrected chi connectivity index (χ1v) is 9.74. The number of H-pyrrole nitrogens is 1. The number of carbonyl (C=O) groups is 1. The molecule has 2 bridgehead atoms. The molecule has 3 heterocycles. The summed E-state index contributed by atoms with van der Waals surface area (Å²) < 4.78 is 40.6. The topological polar surface area (TPSA) is 69.8 Å². The summed E-state index contributed by atoms with van der Waals surface area (Å²) in [5.41, 5.74) is 2.95. The number of halogens is 3. The zero-order valence-corrected chi connectivity index (χ0v) is 14.9. The van der Waals surface area contributed by atoms with Gasteiger partial charge < -0.3 is 10.6 Å². The van der Waals surface area contributed by atoms with Gasteiger partial charge in [-0.15, -0.1) is 0 Å². The number of amides is 1. The number of nitrogens with zero attached hydrogens (tertiary/aromatic N) is 1. The van der Waals surface area contributed by atoms with Crippen LogP contribution in [0, 0.1) is 17.8 Å². The van der Waals surface area contributed by atoms with Crippen LogP contribution in [0.15, 0.2) is 18.3 Å². The number of rotatable bonds is 1. The normalized spacial score (nSPS) is 32.5. The molecule has 5 atom stereocenters. The van der Waals surface area contributed by atoms with Gasteiger partial charge in [0.25, 0.3) is 5.91 Å². The molecule has 2 aliphatic heterocycles. The van der Waals surface area contributed by atoms with Crippen LogP contribution < -0.4 is 10.6 Å². The summed E-state index contributed by atoms with van der Waals surface area (Å²) in [6, 6.07) is 3.51. The first kappa shape index (κ1) is 16.4. The monoisotopic (exact) mass is 388 g/mol. The van der Waals surface area contributed by atoms with Crippen LogP contribution in [0.2, 0.25) is 0 Å². The van der Waals surface area contributed by atoms with E-state index >= 15 is 0 Å². The summed E-state index contributed by atoms with van der Waals surface area (Å²) >= 11 is 0. The van der Waals surface area contributed by atoms with Gasteiger partial charge in [-0.2, -0.15) is 18.3 Å². The number of aromatic nitrogens is 2. The number of benzene rings is 1. The van der Waals surface area contributed by atoms with E-state index in [1.165, 1.54) is 6.20 Å². The van der Waals surface area contributed by atoms with E-state index in [1.54, 1.807) is 0 Å². The van der Waals surface area contributed by atoms with E-state index in [9.17, 15) is 18.0 Å².